The Morgan fingerprint density at radius 2 is 2.25 bits per heavy atom. The number of piperazine rings is 1. The summed E-state index contributed by atoms with van der Waals surface area (Å²) in [5, 5.41) is 9.59. The van der Waals surface area contributed by atoms with Crippen LogP contribution in [0.25, 0.3) is 0 Å². The smallest absolute Gasteiger partial charge is 0.124 e. The summed E-state index contributed by atoms with van der Waals surface area (Å²) in [7, 11) is 1.66. The van der Waals surface area contributed by atoms with E-state index < -0.39 is 0 Å². The molecule has 0 bridgehead atoms. The second-order valence-electron chi connectivity index (χ2n) is 5.29. The highest BCUT2D eigenvalue weighted by molar-refractivity contribution is 5.33. The molecule has 1 aliphatic rings. The van der Waals surface area contributed by atoms with Gasteiger partial charge in [0.2, 0.25) is 0 Å². The van der Waals surface area contributed by atoms with E-state index in [0.29, 0.717) is 6.04 Å². The van der Waals surface area contributed by atoms with E-state index in [1.54, 1.807) is 7.11 Å². The lowest BCUT2D eigenvalue weighted by molar-refractivity contribution is 0.0683. The van der Waals surface area contributed by atoms with Crippen molar-refractivity contribution in [1.82, 2.24) is 9.80 Å². The second-order valence-corrected chi connectivity index (χ2v) is 5.29. The fraction of sp³-hybridized carbons (Fsp3) is 0.562. The average Bonchev–Trinajstić information content (AvgIpc) is 2.49. The van der Waals surface area contributed by atoms with E-state index in [4.69, 9.17) is 4.74 Å². The summed E-state index contributed by atoms with van der Waals surface area (Å²) in [6, 6.07) is 10.5. The predicted octanol–water partition coefficient (Wildman–Crippen LogP) is 2.29. The first-order chi connectivity index (χ1) is 9.69. The maximum absolute atomic E-state index is 9.59. The zero-order valence-corrected chi connectivity index (χ0v) is 12.5. The summed E-state index contributed by atoms with van der Waals surface area (Å²) in [6.07, 6.45) is 0. The number of ether oxygens (including phenoxy) is 1. The zero-order valence-electron chi connectivity index (χ0n) is 12.5. The number of nitrogens with zero attached hydrogens (tertiary/aromatic N) is 3. The highest BCUT2D eigenvalue weighted by Crippen LogP contribution is 2.27. The molecule has 108 valence electrons. The minimum atomic E-state index is -0.195. The van der Waals surface area contributed by atoms with E-state index in [1.165, 1.54) is 0 Å². The molecule has 0 aliphatic carbocycles. The maximum Gasteiger partial charge on any atom is 0.124 e. The molecule has 1 aromatic rings. The molecule has 4 nitrogen and oxygen atoms in total. The van der Waals surface area contributed by atoms with Crippen LogP contribution in [0.5, 0.6) is 5.75 Å². The van der Waals surface area contributed by atoms with Crippen molar-refractivity contribution < 1.29 is 4.74 Å². The minimum absolute atomic E-state index is 0.195. The van der Waals surface area contributed by atoms with Gasteiger partial charge in [-0.15, -0.1) is 0 Å². The van der Waals surface area contributed by atoms with Gasteiger partial charge in [0.15, 0.2) is 0 Å². The number of benzene rings is 1. The second kappa shape index (κ2) is 6.74. The number of rotatable bonds is 4. The van der Waals surface area contributed by atoms with Crippen molar-refractivity contribution in [3.8, 4) is 11.8 Å². The first-order valence-electron chi connectivity index (χ1n) is 7.21. The van der Waals surface area contributed by atoms with Crippen molar-refractivity contribution in [3.05, 3.63) is 29.8 Å². The zero-order chi connectivity index (χ0) is 14.5. The van der Waals surface area contributed by atoms with E-state index in [-0.39, 0.29) is 6.04 Å². The summed E-state index contributed by atoms with van der Waals surface area (Å²) >= 11 is 0. The fourth-order valence-corrected chi connectivity index (χ4v) is 2.87. The lowest BCUT2D eigenvalue weighted by Gasteiger charge is -2.41. The molecule has 0 radical (unpaired) electrons. The van der Waals surface area contributed by atoms with Gasteiger partial charge in [0.25, 0.3) is 0 Å². The van der Waals surface area contributed by atoms with Crippen LogP contribution in [0.4, 0.5) is 0 Å². The van der Waals surface area contributed by atoms with Gasteiger partial charge in [0, 0.05) is 25.7 Å². The molecular formula is C16H23N3O. The Morgan fingerprint density at radius 3 is 2.85 bits per heavy atom. The summed E-state index contributed by atoms with van der Waals surface area (Å²) in [6.45, 7) is 8.46. The van der Waals surface area contributed by atoms with Crippen molar-refractivity contribution in [2.45, 2.75) is 25.9 Å². The number of likely N-dealkylation sites (N-methyl/N-ethyl adjacent to an activating group) is 1. The molecule has 2 atom stereocenters. The van der Waals surface area contributed by atoms with Gasteiger partial charge in [0.05, 0.1) is 13.2 Å². The van der Waals surface area contributed by atoms with E-state index in [1.807, 2.05) is 24.3 Å². The van der Waals surface area contributed by atoms with Gasteiger partial charge in [-0.3, -0.25) is 4.90 Å². The first kappa shape index (κ1) is 14.8. The standard InChI is InChI=1S/C16H23N3O/c1-4-18-8-9-19(13(2)12-18)16(11-17)14-6-5-7-15(10-14)20-3/h5-7,10,13,16H,4,8-9,12H2,1-3H3. The average molecular weight is 273 g/mol. The molecule has 1 saturated heterocycles. The molecule has 0 saturated carbocycles. The molecule has 1 aliphatic heterocycles. The highest BCUT2D eigenvalue weighted by Gasteiger charge is 2.29. The SMILES string of the molecule is CCN1CCN(C(C#N)c2cccc(OC)c2)C(C)C1. The van der Waals surface area contributed by atoms with Crippen LogP contribution in [-0.2, 0) is 0 Å². The molecule has 1 aromatic carbocycles. The van der Waals surface area contributed by atoms with E-state index >= 15 is 0 Å². The molecule has 0 spiro atoms. The topological polar surface area (TPSA) is 39.5 Å². The summed E-state index contributed by atoms with van der Waals surface area (Å²) in [4.78, 5) is 4.72. The van der Waals surface area contributed by atoms with Crippen molar-refractivity contribution in [1.29, 1.82) is 5.26 Å². The van der Waals surface area contributed by atoms with Crippen LogP contribution in [0.15, 0.2) is 24.3 Å². The van der Waals surface area contributed by atoms with Crippen molar-refractivity contribution in [2.75, 3.05) is 33.3 Å². The van der Waals surface area contributed by atoms with Crippen LogP contribution in [0.2, 0.25) is 0 Å². The van der Waals surface area contributed by atoms with Gasteiger partial charge >= 0.3 is 0 Å². The molecule has 0 aromatic heterocycles. The third-order valence-corrected chi connectivity index (χ3v) is 4.07. The molecule has 2 unspecified atom stereocenters. The van der Waals surface area contributed by atoms with Gasteiger partial charge in [-0.25, -0.2) is 0 Å². The number of methoxy groups -OCH3 is 1. The van der Waals surface area contributed by atoms with Crippen LogP contribution in [0.3, 0.4) is 0 Å². The fourth-order valence-electron chi connectivity index (χ4n) is 2.87. The van der Waals surface area contributed by atoms with Gasteiger partial charge < -0.3 is 9.64 Å². The Kier molecular flexibility index (Phi) is 4.99. The molecular weight excluding hydrogens is 250 g/mol. The molecule has 4 heteroatoms. The van der Waals surface area contributed by atoms with Crippen molar-refractivity contribution in [3.63, 3.8) is 0 Å². The van der Waals surface area contributed by atoms with Crippen LogP contribution in [-0.4, -0.2) is 49.1 Å². The molecule has 1 fully saturated rings. The third kappa shape index (κ3) is 3.12. The molecule has 0 N–H and O–H groups in total. The van der Waals surface area contributed by atoms with Crippen LogP contribution in [0, 0.1) is 11.3 Å². The minimum Gasteiger partial charge on any atom is -0.497 e. The number of nitriles is 1. The van der Waals surface area contributed by atoms with Gasteiger partial charge in [0.1, 0.15) is 11.8 Å². The van der Waals surface area contributed by atoms with Crippen LogP contribution >= 0.6 is 0 Å². The molecule has 2 rings (SSSR count). The van der Waals surface area contributed by atoms with Gasteiger partial charge in [-0.05, 0) is 31.2 Å². The Labute approximate surface area is 121 Å². The Balaban J connectivity index is 2.18. The lowest BCUT2D eigenvalue weighted by Crippen LogP contribution is -2.52. The largest absolute Gasteiger partial charge is 0.497 e. The number of hydrogen-bond acceptors (Lipinski definition) is 4. The molecule has 1 heterocycles. The van der Waals surface area contributed by atoms with Gasteiger partial charge in [-0.1, -0.05) is 19.1 Å². The first-order valence-corrected chi connectivity index (χ1v) is 7.21. The Hall–Kier alpha value is -1.57. The number of hydrogen-bond donors (Lipinski definition) is 0. The Morgan fingerprint density at radius 1 is 1.45 bits per heavy atom. The van der Waals surface area contributed by atoms with Crippen LogP contribution in [0.1, 0.15) is 25.5 Å². The third-order valence-electron chi connectivity index (χ3n) is 4.07. The lowest BCUT2D eigenvalue weighted by atomic mass is 10.0. The van der Waals surface area contributed by atoms with Crippen LogP contribution < -0.4 is 4.74 Å². The molecule has 0 amide bonds. The van der Waals surface area contributed by atoms with E-state index in [2.05, 4.69) is 29.7 Å². The van der Waals surface area contributed by atoms with E-state index in [0.717, 1.165) is 37.5 Å². The maximum atomic E-state index is 9.59. The normalized spacial score (nSPS) is 22.2. The molecule has 20 heavy (non-hydrogen) atoms. The van der Waals surface area contributed by atoms with Crippen molar-refractivity contribution >= 4 is 0 Å². The highest BCUT2D eigenvalue weighted by atomic mass is 16.5. The van der Waals surface area contributed by atoms with Gasteiger partial charge in [-0.2, -0.15) is 5.26 Å². The summed E-state index contributed by atoms with van der Waals surface area (Å²) in [5.74, 6) is 0.808. The quantitative estimate of drug-likeness (QED) is 0.844. The summed E-state index contributed by atoms with van der Waals surface area (Å²) in [5.41, 5.74) is 1.02. The van der Waals surface area contributed by atoms with E-state index in [9.17, 15) is 5.26 Å². The summed E-state index contributed by atoms with van der Waals surface area (Å²) < 4.78 is 5.26. The predicted molar refractivity (Wildman–Crippen MR) is 79.6 cm³/mol. The Bertz CT molecular complexity index is 483. The van der Waals surface area contributed by atoms with Crippen molar-refractivity contribution in [2.24, 2.45) is 0 Å². The monoisotopic (exact) mass is 273 g/mol.